The van der Waals surface area contributed by atoms with E-state index >= 15 is 0 Å². The van der Waals surface area contributed by atoms with Crippen molar-refractivity contribution in [1.82, 2.24) is 41.1 Å². The molecule has 0 amide bonds. The number of nitrogens with zero attached hydrogens (tertiary/aromatic N) is 9. The summed E-state index contributed by atoms with van der Waals surface area (Å²) in [5.74, 6) is 0. The standard InChI is InChI=1S/C48H31N3.2C42H27N3/c1-2-12-32(13-3-1)33-22-24-35(25-23-33)50-45-20-10-6-16-39(45)41-30-31-42-40-17-7-11-21-46(40)51(48(42)47(41)50)36-28-26-34(27-29-36)49-43-18-8-4-14-37(43)38-15-5-9-19-44(38)49;1-2-13-28(14-3-1)44-39-23-10-6-19-33(39)35-25-26-36-34-20-7-11-24-40(34)45(42(36)41(35)44)30-16-12-15-29(27-30)43-37-21-8-4-17-31(37)32-18-5-9-22-38(32)43;1-2-12-28(13-3-1)44-39-20-10-6-16-33(39)35-26-27-36-34-17-7-11-21-40(34)45(42(36)41(35)44)30-24-22-29(23-25-30)43-37-18-8-4-14-31(37)32-15-5-9-19-38(32)43/h1-31H;2*1-27H. The highest BCUT2D eigenvalue weighted by Gasteiger charge is 2.28. The first-order valence-electron chi connectivity index (χ1n) is 48.5. The number of hydrogen-bond acceptors (Lipinski definition) is 0. The molecule has 9 nitrogen and oxygen atoms in total. The van der Waals surface area contributed by atoms with E-state index < -0.39 is 0 Å². The Morgan fingerprint density at radius 1 is 0.0851 bits per heavy atom. The number of para-hydroxylation sites is 14. The van der Waals surface area contributed by atoms with Gasteiger partial charge in [-0.1, -0.05) is 340 Å². The fourth-order valence-electron chi connectivity index (χ4n) is 23.6. The monoisotopic (exact) mass is 1800 g/mol. The summed E-state index contributed by atoms with van der Waals surface area (Å²) in [7, 11) is 0. The van der Waals surface area contributed by atoms with Gasteiger partial charge in [0.1, 0.15) is 0 Å². The summed E-state index contributed by atoms with van der Waals surface area (Å²) in [4.78, 5) is 0. The number of rotatable bonds is 10. The average Bonchev–Trinajstić information content (AvgIpc) is 1.55. The molecule has 658 valence electrons. The zero-order valence-electron chi connectivity index (χ0n) is 76.6. The summed E-state index contributed by atoms with van der Waals surface area (Å²) in [6.45, 7) is 0. The fraction of sp³-hybridized carbons (Fsp3) is 0. The van der Waals surface area contributed by atoms with Gasteiger partial charge in [-0.3, -0.25) is 0 Å². The van der Waals surface area contributed by atoms with E-state index in [2.05, 4.69) is 557 Å². The van der Waals surface area contributed by atoms with Crippen molar-refractivity contribution in [2.75, 3.05) is 0 Å². The van der Waals surface area contributed by atoms with Gasteiger partial charge >= 0.3 is 0 Å². The predicted molar refractivity (Wildman–Crippen MR) is 594 cm³/mol. The SMILES string of the molecule is c1ccc(-c2ccc(-n3c4ccccc4c4ccc5c6ccccc6n(-c6ccc(-n7c8ccccc8c8ccccc87)cc6)c5c43)cc2)cc1.c1ccc(-n2c3ccccc3c3ccc4c5ccccc5n(-c5ccc(-n6c7ccccc7c7ccccc76)cc5)c4c32)cc1.c1ccc(-n2c3ccccc3c3ccc4c5ccccc5n(-c5cccc(-n6c7ccccc7c7ccccc76)c5)c4c32)cc1. The molecule has 0 aliphatic carbocycles. The van der Waals surface area contributed by atoms with Crippen LogP contribution in [0, 0.1) is 0 Å². The van der Waals surface area contributed by atoms with Gasteiger partial charge in [0.05, 0.1) is 99.3 Å². The third-order valence-electron chi connectivity index (χ3n) is 29.5. The van der Waals surface area contributed by atoms with Crippen molar-refractivity contribution in [1.29, 1.82) is 0 Å². The Labute approximate surface area is 809 Å². The van der Waals surface area contributed by atoms with Crippen LogP contribution in [0.25, 0.3) is 259 Å². The molecular weight excluding hydrogens is 1710 g/mol. The highest BCUT2D eigenvalue weighted by molar-refractivity contribution is 6.28. The molecule has 141 heavy (non-hydrogen) atoms. The predicted octanol–water partition coefficient (Wildman–Crippen LogP) is 34.6. The average molecular weight is 1800 g/mol. The topological polar surface area (TPSA) is 44.4 Å². The third-order valence-corrected chi connectivity index (χ3v) is 29.5. The normalized spacial score (nSPS) is 12.0. The maximum Gasteiger partial charge on any atom is 0.0788 e. The van der Waals surface area contributed by atoms with Crippen LogP contribution in [0.2, 0.25) is 0 Å². The molecular formula is C132H85N9. The quantitative estimate of drug-likeness (QED) is 0.131. The smallest absolute Gasteiger partial charge is 0.0788 e. The van der Waals surface area contributed by atoms with Gasteiger partial charge in [0.15, 0.2) is 0 Å². The van der Waals surface area contributed by atoms with Crippen molar-refractivity contribution >= 4 is 196 Å². The van der Waals surface area contributed by atoms with Gasteiger partial charge in [-0.15, -0.1) is 0 Å². The first kappa shape index (κ1) is 79.4. The molecule has 31 rings (SSSR count). The lowest BCUT2D eigenvalue weighted by atomic mass is 10.1. The van der Waals surface area contributed by atoms with E-state index in [9.17, 15) is 0 Å². The molecule has 0 radical (unpaired) electrons. The van der Waals surface area contributed by atoms with E-state index in [0.29, 0.717) is 0 Å². The minimum absolute atomic E-state index is 1.13. The first-order valence-corrected chi connectivity index (χ1v) is 48.5. The number of aromatic nitrogens is 9. The van der Waals surface area contributed by atoms with E-state index in [0.717, 1.165) is 51.2 Å². The van der Waals surface area contributed by atoms with Gasteiger partial charge in [-0.05, 0) is 187 Å². The van der Waals surface area contributed by atoms with E-state index in [1.807, 2.05) is 0 Å². The van der Waals surface area contributed by atoms with Crippen LogP contribution in [0.3, 0.4) is 0 Å². The van der Waals surface area contributed by atoms with Crippen LogP contribution in [-0.2, 0) is 0 Å². The van der Waals surface area contributed by atoms with Crippen LogP contribution in [0.4, 0.5) is 0 Å². The van der Waals surface area contributed by atoms with Crippen LogP contribution >= 0.6 is 0 Å². The molecule has 9 heterocycles. The summed E-state index contributed by atoms with van der Waals surface area (Å²) in [5, 5.41) is 22.7. The summed E-state index contributed by atoms with van der Waals surface area (Å²) in [5.41, 5.74) is 34.6. The van der Waals surface area contributed by atoms with Gasteiger partial charge in [0, 0.05) is 148 Å². The van der Waals surface area contributed by atoms with Crippen molar-refractivity contribution in [3.05, 3.63) is 516 Å². The minimum atomic E-state index is 1.13. The van der Waals surface area contributed by atoms with E-state index in [4.69, 9.17) is 0 Å². The minimum Gasteiger partial charge on any atom is -0.309 e. The highest BCUT2D eigenvalue weighted by Crippen LogP contribution is 2.49. The van der Waals surface area contributed by atoms with Gasteiger partial charge in [0.25, 0.3) is 0 Å². The molecule has 22 aromatic carbocycles. The molecule has 0 aliphatic rings. The number of fused-ring (bicyclic) bond motifs is 30. The Balaban J connectivity index is 0.000000102. The molecule has 0 aliphatic heterocycles. The molecule has 0 bridgehead atoms. The van der Waals surface area contributed by atoms with Crippen LogP contribution in [-0.4, -0.2) is 41.1 Å². The zero-order valence-corrected chi connectivity index (χ0v) is 76.6. The van der Waals surface area contributed by atoms with Crippen LogP contribution in [0.15, 0.2) is 516 Å². The van der Waals surface area contributed by atoms with Gasteiger partial charge in [-0.25, -0.2) is 0 Å². The largest absolute Gasteiger partial charge is 0.309 e. The summed E-state index contributed by atoms with van der Waals surface area (Å²) in [6.07, 6.45) is 0. The van der Waals surface area contributed by atoms with Crippen molar-refractivity contribution < 1.29 is 0 Å². The molecule has 9 aromatic heterocycles. The van der Waals surface area contributed by atoms with Gasteiger partial charge < -0.3 is 41.1 Å². The van der Waals surface area contributed by atoms with Gasteiger partial charge in [-0.2, -0.15) is 0 Å². The lowest BCUT2D eigenvalue weighted by Gasteiger charge is -2.14. The fourth-order valence-corrected chi connectivity index (χ4v) is 23.6. The van der Waals surface area contributed by atoms with Gasteiger partial charge in [0.2, 0.25) is 0 Å². The highest BCUT2D eigenvalue weighted by atomic mass is 15.1. The zero-order chi connectivity index (χ0) is 92.4. The maximum atomic E-state index is 2.47. The Morgan fingerprint density at radius 3 is 0.461 bits per heavy atom. The van der Waals surface area contributed by atoms with Crippen LogP contribution < -0.4 is 0 Å². The molecule has 0 saturated heterocycles. The molecule has 0 atom stereocenters. The molecule has 0 saturated carbocycles. The Kier molecular flexibility index (Phi) is 17.9. The number of hydrogen-bond donors (Lipinski definition) is 0. The summed E-state index contributed by atoms with van der Waals surface area (Å²) in [6, 6.07) is 187. The lowest BCUT2D eigenvalue weighted by Crippen LogP contribution is -2.00. The third kappa shape index (κ3) is 12.1. The Morgan fingerprint density at radius 2 is 0.227 bits per heavy atom. The van der Waals surface area contributed by atoms with Crippen molar-refractivity contribution in [3.8, 4) is 62.3 Å². The summed E-state index contributed by atoms with van der Waals surface area (Å²) < 4.78 is 21.9. The van der Waals surface area contributed by atoms with E-state index in [1.165, 1.54) is 207 Å². The Hall–Kier alpha value is -19.0. The number of benzene rings is 22. The molecule has 0 fully saturated rings. The second kappa shape index (κ2) is 31.8. The van der Waals surface area contributed by atoms with Crippen molar-refractivity contribution in [2.45, 2.75) is 0 Å². The van der Waals surface area contributed by atoms with Crippen LogP contribution in [0.5, 0.6) is 0 Å². The van der Waals surface area contributed by atoms with Crippen molar-refractivity contribution in [3.63, 3.8) is 0 Å². The second-order valence-corrected chi connectivity index (χ2v) is 36.9. The van der Waals surface area contributed by atoms with Crippen molar-refractivity contribution in [2.24, 2.45) is 0 Å². The Bertz CT molecular complexity index is 10300. The van der Waals surface area contributed by atoms with E-state index in [1.54, 1.807) is 0 Å². The summed E-state index contributed by atoms with van der Waals surface area (Å²) >= 11 is 0. The molecule has 0 N–H and O–H groups in total. The lowest BCUT2D eigenvalue weighted by molar-refractivity contribution is 1.13. The van der Waals surface area contributed by atoms with E-state index in [-0.39, 0.29) is 0 Å². The molecule has 0 unspecified atom stereocenters. The second-order valence-electron chi connectivity index (χ2n) is 36.9. The van der Waals surface area contributed by atoms with Crippen LogP contribution in [0.1, 0.15) is 0 Å². The maximum absolute atomic E-state index is 2.47. The molecule has 0 spiro atoms. The molecule has 9 heteroatoms. The first-order chi connectivity index (χ1) is 70.1. The molecule has 31 aromatic rings.